The maximum atomic E-state index is 11.2. The van der Waals surface area contributed by atoms with Crippen molar-refractivity contribution in [2.24, 2.45) is 0 Å². The molecule has 0 saturated carbocycles. The number of aryl methyl sites for hydroxylation is 2. The standard InChI is InChI=1S/C19H21O5P/c1-11-6-15(19(3,23)25-24)7-12(2)16(11)9-13-4-5-17(20)14(8-13)10-18(21)22/h4-8,20,23H,9-10H2,1-3H3,(H,21,22)/p+1. The summed E-state index contributed by atoms with van der Waals surface area (Å²) in [6.45, 7) is 5.37. The summed E-state index contributed by atoms with van der Waals surface area (Å²) < 4.78 is 11.2. The zero-order valence-corrected chi connectivity index (χ0v) is 15.5. The molecule has 2 unspecified atom stereocenters. The molecule has 0 aliphatic heterocycles. The van der Waals surface area contributed by atoms with Gasteiger partial charge in [-0.2, -0.15) is 0 Å². The summed E-state index contributed by atoms with van der Waals surface area (Å²) in [5, 5.41) is 27.5. The van der Waals surface area contributed by atoms with Crippen LogP contribution in [0, 0.1) is 13.8 Å². The Morgan fingerprint density at radius 1 is 1.16 bits per heavy atom. The van der Waals surface area contributed by atoms with E-state index in [2.05, 4.69) is 0 Å². The van der Waals surface area contributed by atoms with E-state index in [1.165, 1.54) is 13.0 Å². The van der Waals surface area contributed by atoms with Crippen LogP contribution in [0.4, 0.5) is 0 Å². The maximum Gasteiger partial charge on any atom is 0.364 e. The minimum absolute atomic E-state index is 0.0255. The highest BCUT2D eigenvalue weighted by Crippen LogP contribution is 2.34. The van der Waals surface area contributed by atoms with Crippen LogP contribution in [0.2, 0.25) is 0 Å². The number of phenolic OH excluding ortho intramolecular Hbond substituents is 1. The van der Waals surface area contributed by atoms with Crippen molar-refractivity contribution in [1.29, 1.82) is 0 Å². The number of aliphatic hydroxyl groups is 1. The number of carboxylic acid groups (broad SMARTS) is 1. The normalized spacial score (nSPS) is 13.6. The average molecular weight is 361 g/mol. The van der Waals surface area contributed by atoms with Gasteiger partial charge in [0.2, 0.25) is 0 Å². The molecule has 2 aromatic carbocycles. The van der Waals surface area contributed by atoms with Crippen LogP contribution in [0.3, 0.4) is 0 Å². The summed E-state index contributed by atoms with van der Waals surface area (Å²) in [4.78, 5) is 10.9. The van der Waals surface area contributed by atoms with E-state index in [1.54, 1.807) is 12.1 Å². The number of rotatable bonds is 6. The van der Waals surface area contributed by atoms with Gasteiger partial charge >= 0.3 is 14.4 Å². The lowest BCUT2D eigenvalue weighted by atomic mass is 9.92. The van der Waals surface area contributed by atoms with Crippen LogP contribution in [0.25, 0.3) is 0 Å². The molecule has 2 aromatic rings. The first kappa shape index (κ1) is 19.1. The van der Waals surface area contributed by atoms with E-state index >= 15 is 0 Å². The van der Waals surface area contributed by atoms with Crippen molar-refractivity contribution < 1.29 is 24.7 Å². The third-order valence-corrected chi connectivity index (χ3v) is 5.01. The molecule has 25 heavy (non-hydrogen) atoms. The predicted octanol–water partition coefficient (Wildman–Crippen LogP) is 3.42. The second kappa shape index (κ2) is 7.34. The third kappa shape index (κ3) is 4.44. The highest BCUT2D eigenvalue weighted by atomic mass is 31.1. The Morgan fingerprint density at radius 2 is 1.76 bits per heavy atom. The zero-order valence-electron chi connectivity index (χ0n) is 14.5. The van der Waals surface area contributed by atoms with Gasteiger partial charge in [-0.05, 0) is 60.7 Å². The molecule has 3 N–H and O–H groups in total. The van der Waals surface area contributed by atoms with Crippen LogP contribution in [0.1, 0.15) is 40.3 Å². The van der Waals surface area contributed by atoms with Crippen LogP contribution < -0.4 is 0 Å². The average Bonchev–Trinajstić information content (AvgIpc) is 2.53. The van der Waals surface area contributed by atoms with E-state index in [1.807, 2.05) is 26.0 Å². The number of aromatic hydroxyl groups is 1. The molecule has 132 valence electrons. The maximum absolute atomic E-state index is 11.2. The Morgan fingerprint density at radius 3 is 2.28 bits per heavy atom. The van der Waals surface area contributed by atoms with E-state index in [-0.39, 0.29) is 12.2 Å². The highest BCUT2D eigenvalue weighted by Gasteiger charge is 2.32. The minimum atomic E-state index is -1.37. The lowest BCUT2D eigenvalue weighted by Gasteiger charge is -2.16. The molecule has 0 saturated heterocycles. The van der Waals surface area contributed by atoms with Gasteiger partial charge in [-0.1, -0.05) is 16.7 Å². The largest absolute Gasteiger partial charge is 0.508 e. The molecular weight excluding hydrogens is 339 g/mol. The third-order valence-electron chi connectivity index (χ3n) is 4.32. The highest BCUT2D eigenvalue weighted by molar-refractivity contribution is 7.25. The van der Waals surface area contributed by atoms with Crippen molar-refractivity contribution in [3.8, 4) is 5.75 Å². The first-order chi connectivity index (χ1) is 11.6. The fraction of sp³-hybridized carbons (Fsp3) is 0.316. The van der Waals surface area contributed by atoms with Gasteiger partial charge in [0.05, 0.1) is 6.42 Å². The lowest BCUT2D eigenvalue weighted by molar-refractivity contribution is -0.136. The van der Waals surface area contributed by atoms with E-state index < -0.39 is 19.8 Å². The fourth-order valence-electron chi connectivity index (χ4n) is 2.87. The predicted molar refractivity (Wildman–Crippen MR) is 96.7 cm³/mol. The van der Waals surface area contributed by atoms with E-state index in [0.29, 0.717) is 17.5 Å². The van der Waals surface area contributed by atoms with Gasteiger partial charge in [0.1, 0.15) is 5.75 Å². The Hall–Kier alpha value is -2.23. The van der Waals surface area contributed by atoms with Crippen molar-refractivity contribution in [2.75, 3.05) is 0 Å². The van der Waals surface area contributed by atoms with Crippen LogP contribution in [-0.4, -0.2) is 21.3 Å². The SMILES string of the molecule is Cc1cc(C(C)(O)[PH+]=O)cc(C)c1Cc1ccc(O)c(CC(=O)O)c1. The molecular formula is C19H22O5P+. The van der Waals surface area contributed by atoms with Crippen molar-refractivity contribution in [2.45, 2.75) is 39.0 Å². The molecule has 2 rings (SSSR count). The van der Waals surface area contributed by atoms with Gasteiger partial charge in [-0.3, -0.25) is 4.79 Å². The summed E-state index contributed by atoms with van der Waals surface area (Å²) in [6.07, 6.45) is 0.344. The van der Waals surface area contributed by atoms with Crippen molar-refractivity contribution >= 4 is 14.4 Å². The first-order valence-corrected chi connectivity index (χ1v) is 8.79. The van der Waals surface area contributed by atoms with E-state index in [4.69, 9.17) is 5.11 Å². The molecule has 0 aliphatic carbocycles. The number of benzene rings is 2. The van der Waals surface area contributed by atoms with Crippen LogP contribution in [-0.2, 0) is 27.5 Å². The number of phenols is 1. The number of hydrogen-bond donors (Lipinski definition) is 3. The van der Waals surface area contributed by atoms with Crippen LogP contribution in [0.5, 0.6) is 5.75 Å². The second-order valence-corrected chi connectivity index (χ2v) is 7.65. The van der Waals surface area contributed by atoms with Gasteiger partial charge in [-0.15, -0.1) is 0 Å². The molecule has 2 atom stereocenters. The fourth-order valence-corrected chi connectivity index (χ4v) is 3.13. The topological polar surface area (TPSA) is 94.8 Å². The zero-order chi connectivity index (χ0) is 18.8. The van der Waals surface area contributed by atoms with Crippen LogP contribution in [0.15, 0.2) is 30.3 Å². The summed E-state index contributed by atoms with van der Waals surface area (Å²) in [7, 11) is -0.859. The Kier molecular flexibility index (Phi) is 5.61. The molecule has 6 heteroatoms. The molecule has 0 aromatic heterocycles. The smallest absolute Gasteiger partial charge is 0.364 e. The van der Waals surface area contributed by atoms with Crippen molar-refractivity contribution in [3.63, 3.8) is 0 Å². The van der Waals surface area contributed by atoms with Crippen molar-refractivity contribution in [3.05, 3.63) is 63.7 Å². The molecule has 0 radical (unpaired) electrons. The molecule has 0 amide bonds. The quantitative estimate of drug-likeness (QED) is 0.686. The second-order valence-electron chi connectivity index (χ2n) is 6.47. The number of carbonyl (C=O) groups is 1. The van der Waals surface area contributed by atoms with Gasteiger partial charge in [0, 0.05) is 18.1 Å². The van der Waals surface area contributed by atoms with E-state index in [0.717, 1.165) is 22.3 Å². The Labute approximate surface area is 148 Å². The van der Waals surface area contributed by atoms with Gasteiger partial charge in [-0.25, -0.2) is 0 Å². The van der Waals surface area contributed by atoms with Crippen molar-refractivity contribution in [1.82, 2.24) is 0 Å². The number of carboxylic acids is 1. The molecule has 0 spiro atoms. The minimum Gasteiger partial charge on any atom is -0.508 e. The molecule has 0 fully saturated rings. The molecule has 0 heterocycles. The summed E-state index contributed by atoms with van der Waals surface area (Å²) >= 11 is 0. The van der Waals surface area contributed by atoms with Crippen LogP contribution >= 0.6 is 8.46 Å². The molecule has 5 nitrogen and oxygen atoms in total. The Bertz CT molecular complexity index is 804. The Balaban J connectivity index is 2.38. The van der Waals surface area contributed by atoms with Gasteiger partial charge < -0.3 is 15.3 Å². The lowest BCUT2D eigenvalue weighted by Crippen LogP contribution is -2.13. The summed E-state index contributed by atoms with van der Waals surface area (Å²) in [5.41, 5.74) is 4.86. The van der Waals surface area contributed by atoms with Gasteiger partial charge in [0.25, 0.3) is 5.34 Å². The number of aliphatic carboxylic acids is 1. The molecule has 0 aliphatic rings. The monoisotopic (exact) mass is 361 g/mol. The summed E-state index contributed by atoms with van der Waals surface area (Å²) in [5.74, 6) is -1.02. The van der Waals surface area contributed by atoms with Gasteiger partial charge in [0.15, 0.2) is 0 Å². The summed E-state index contributed by atoms with van der Waals surface area (Å²) in [6, 6.07) is 8.63. The molecule has 0 bridgehead atoms. The van der Waals surface area contributed by atoms with E-state index in [9.17, 15) is 19.6 Å². The number of hydrogen-bond acceptors (Lipinski definition) is 4. The first-order valence-electron chi connectivity index (χ1n) is 7.89.